The van der Waals surface area contributed by atoms with Crippen LogP contribution in [0.5, 0.6) is 0 Å². The van der Waals surface area contributed by atoms with Gasteiger partial charge < -0.3 is 0 Å². The van der Waals surface area contributed by atoms with E-state index in [4.69, 9.17) is 0 Å². The lowest BCUT2D eigenvalue weighted by Crippen LogP contribution is -2.26. The summed E-state index contributed by atoms with van der Waals surface area (Å²) < 4.78 is 0. The van der Waals surface area contributed by atoms with Crippen molar-refractivity contribution in [3.05, 3.63) is 205 Å². The fraction of sp³-hybridized carbons (Fsp3) is 0.0370. The number of benzene rings is 9. The van der Waals surface area contributed by atoms with Crippen LogP contribution in [0.3, 0.4) is 0 Å². The molecule has 10 rings (SSSR count). The van der Waals surface area contributed by atoms with Crippen molar-refractivity contribution in [2.75, 3.05) is 0 Å². The Labute approximate surface area is 316 Å². The summed E-state index contributed by atoms with van der Waals surface area (Å²) in [5.74, 6) is 0. The Morgan fingerprint density at radius 1 is 0.241 bits per heavy atom. The molecule has 0 unspecified atom stereocenters. The van der Waals surface area contributed by atoms with Gasteiger partial charge in [0.25, 0.3) is 0 Å². The number of hydrogen-bond acceptors (Lipinski definition) is 0. The molecule has 0 heterocycles. The van der Waals surface area contributed by atoms with E-state index >= 15 is 0 Å². The highest BCUT2D eigenvalue weighted by molar-refractivity contribution is 6.23. The minimum absolute atomic E-state index is 1.06. The van der Waals surface area contributed by atoms with E-state index < -0.39 is 0 Å². The number of fused-ring (bicyclic) bond motifs is 3. The maximum atomic E-state index is 2.48. The molecule has 254 valence electrons. The molecule has 9 aromatic rings. The SMILES string of the molecule is C1=c2cc3c(-c4ccc(-c5ccccc5)cc4-c4ccccc4)c4ccccc4c(-c4ccc(-c5ccccc5)cc4-c4ccccc4)c3cc2=CCC1. The third-order valence-corrected chi connectivity index (χ3v) is 11.1. The van der Waals surface area contributed by atoms with Crippen LogP contribution in [-0.4, -0.2) is 0 Å². The van der Waals surface area contributed by atoms with Crippen LogP contribution in [-0.2, 0) is 0 Å². The lowest BCUT2D eigenvalue weighted by Gasteiger charge is -2.22. The molecule has 9 aromatic carbocycles. The van der Waals surface area contributed by atoms with Gasteiger partial charge >= 0.3 is 0 Å². The van der Waals surface area contributed by atoms with Crippen molar-refractivity contribution in [1.82, 2.24) is 0 Å². The summed E-state index contributed by atoms with van der Waals surface area (Å²) in [6.07, 6.45) is 6.98. The Bertz CT molecular complexity index is 2740. The second kappa shape index (κ2) is 13.7. The Morgan fingerprint density at radius 3 is 0.981 bits per heavy atom. The second-order valence-electron chi connectivity index (χ2n) is 14.3. The van der Waals surface area contributed by atoms with Crippen LogP contribution in [0.25, 0.3) is 100 Å². The molecule has 1 aliphatic rings. The summed E-state index contributed by atoms with van der Waals surface area (Å²) in [7, 11) is 0. The van der Waals surface area contributed by atoms with Crippen LogP contribution in [0.1, 0.15) is 12.8 Å². The largest absolute Gasteiger partial charge is 0.0763 e. The van der Waals surface area contributed by atoms with Gasteiger partial charge in [0.2, 0.25) is 0 Å². The summed E-state index contributed by atoms with van der Waals surface area (Å²) in [6, 6.07) is 71.5. The van der Waals surface area contributed by atoms with Gasteiger partial charge in [-0.2, -0.15) is 0 Å². The molecule has 0 fully saturated rings. The quantitative estimate of drug-likeness (QED) is 0.153. The topological polar surface area (TPSA) is 0 Å². The molecular formula is C54H38. The van der Waals surface area contributed by atoms with E-state index in [-0.39, 0.29) is 0 Å². The zero-order valence-electron chi connectivity index (χ0n) is 30.0. The molecule has 0 saturated heterocycles. The van der Waals surface area contributed by atoms with Crippen molar-refractivity contribution in [2.45, 2.75) is 12.8 Å². The van der Waals surface area contributed by atoms with Crippen LogP contribution in [0, 0.1) is 0 Å². The number of hydrogen-bond donors (Lipinski definition) is 0. The van der Waals surface area contributed by atoms with Gasteiger partial charge in [-0.05, 0) is 136 Å². The van der Waals surface area contributed by atoms with Gasteiger partial charge in [-0.25, -0.2) is 0 Å². The minimum Gasteiger partial charge on any atom is -0.0763 e. The first-order valence-electron chi connectivity index (χ1n) is 19.0. The standard InChI is InChI=1S/C54H38/c1-5-17-37(18-6-1)43-29-31-47(49(33-43)39-21-9-3-10-22-39)53-45-27-15-16-28-46(45)54(52-36-42-26-14-13-25-41(42)35-51(52)53)48-32-30-44(38-19-7-2-8-20-38)34-50(48)40-23-11-4-12-24-40/h1-12,15-36H,13-14H2. The van der Waals surface area contributed by atoms with Gasteiger partial charge in [0.05, 0.1) is 0 Å². The zero-order valence-corrected chi connectivity index (χ0v) is 30.0. The molecule has 0 atom stereocenters. The van der Waals surface area contributed by atoms with E-state index in [9.17, 15) is 0 Å². The summed E-state index contributed by atoms with van der Waals surface area (Å²) in [4.78, 5) is 0. The fourth-order valence-corrected chi connectivity index (χ4v) is 8.53. The van der Waals surface area contributed by atoms with E-state index in [1.54, 1.807) is 0 Å². The predicted octanol–water partition coefficient (Wildman–Crippen LogP) is 13.3. The highest BCUT2D eigenvalue weighted by Gasteiger charge is 2.22. The van der Waals surface area contributed by atoms with Gasteiger partial charge in [0.15, 0.2) is 0 Å². The van der Waals surface area contributed by atoms with Gasteiger partial charge in [-0.15, -0.1) is 0 Å². The monoisotopic (exact) mass is 686 g/mol. The van der Waals surface area contributed by atoms with Crippen molar-refractivity contribution >= 4 is 33.7 Å². The van der Waals surface area contributed by atoms with Crippen LogP contribution in [0.4, 0.5) is 0 Å². The van der Waals surface area contributed by atoms with Gasteiger partial charge in [-0.1, -0.05) is 182 Å². The number of rotatable bonds is 6. The smallest absolute Gasteiger partial charge is 0.00199 e. The van der Waals surface area contributed by atoms with Crippen molar-refractivity contribution in [3.63, 3.8) is 0 Å². The maximum Gasteiger partial charge on any atom is -0.00199 e. The van der Waals surface area contributed by atoms with Gasteiger partial charge in [0.1, 0.15) is 0 Å². The van der Waals surface area contributed by atoms with E-state index in [1.807, 2.05) is 0 Å². The van der Waals surface area contributed by atoms with Crippen molar-refractivity contribution in [2.24, 2.45) is 0 Å². The Kier molecular flexibility index (Phi) is 8.08. The normalized spacial score (nSPS) is 12.2. The molecule has 0 amide bonds. The molecule has 0 bridgehead atoms. The fourth-order valence-electron chi connectivity index (χ4n) is 8.53. The Balaban J connectivity index is 1.33. The summed E-state index contributed by atoms with van der Waals surface area (Å²) >= 11 is 0. The summed E-state index contributed by atoms with van der Waals surface area (Å²) in [5.41, 5.74) is 14.8. The lowest BCUT2D eigenvalue weighted by atomic mass is 9.81. The molecular weight excluding hydrogens is 649 g/mol. The average molecular weight is 687 g/mol. The summed E-state index contributed by atoms with van der Waals surface area (Å²) in [5, 5.41) is 7.72. The van der Waals surface area contributed by atoms with Gasteiger partial charge in [-0.3, -0.25) is 0 Å². The first kappa shape index (κ1) is 31.9. The molecule has 0 radical (unpaired) electrons. The zero-order chi connectivity index (χ0) is 35.8. The van der Waals surface area contributed by atoms with Crippen molar-refractivity contribution < 1.29 is 0 Å². The highest BCUT2D eigenvalue weighted by atomic mass is 14.2. The Morgan fingerprint density at radius 2 is 0.593 bits per heavy atom. The molecule has 1 aliphatic carbocycles. The average Bonchev–Trinajstić information content (AvgIpc) is 3.26. The van der Waals surface area contributed by atoms with Crippen LogP contribution >= 0.6 is 0 Å². The first-order chi connectivity index (χ1) is 26.8. The molecule has 0 spiro atoms. The van der Waals surface area contributed by atoms with Gasteiger partial charge in [0, 0.05) is 0 Å². The molecule has 0 N–H and O–H groups in total. The molecule has 0 aliphatic heterocycles. The van der Waals surface area contributed by atoms with E-state index in [2.05, 4.69) is 206 Å². The van der Waals surface area contributed by atoms with E-state index in [0.29, 0.717) is 0 Å². The molecule has 54 heavy (non-hydrogen) atoms. The first-order valence-corrected chi connectivity index (χ1v) is 19.0. The highest BCUT2D eigenvalue weighted by Crippen LogP contribution is 2.48. The molecule has 0 saturated carbocycles. The van der Waals surface area contributed by atoms with Crippen molar-refractivity contribution in [3.8, 4) is 66.8 Å². The van der Waals surface area contributed by atoms with Crippen molar-refractivity contribution in [1.29, 1.82) is 0 Å². The predicted molar refractivity (Wildman–Crippen MR) is 231 cm³/mol. The van der Waals surface area contributed by atoms with Crippen LogP contribution in [0.2, 0.25) is 0 Å². The summed E-state index contributed by atoms with van der Waals surface area (Å²) in [6.45, 7) is 0. The van der Waals surface area contributed by atoms with Crippen LogP contribution in [0.15, 0.2) is 194 Å². The minimum atomic E-state index is 1.06. The maximum absolute atomic E-state index is 2.48. The third kappa shape index (κ3) is 5.65. The lowest BCUT2D eigenvalue weighted by molar-refractivity contribution is 1.12. The third-order valence-electron chi connectivity index (χ3n) is 11.1. The molecule has 0 aromatic heterocycles. The Hall–Kier alpha value is -6.76. The van der Waals surface area contributed by atoms with Crippen LogP contribution < -0.4 is 10.4 Å². The molecule has 0 heteroatoms. The molecule has 0 nitrogen and oxygen atoms in total. The van der Waals surface area contributed by atoms with E-state index in [0.717, 1.165) is 12.8 Å². The van der Waals surface area contributed by atoms with E-state index in [1.165, 1.54) is 98.7 Å². The second-order valence-corrected chi connectivity index (χ2v) is 14.3.